The van der Waals surface area contributed by atoms with Gasteiger partial charge in [0.25, 0.3) is 0 Å². The Morgan fingerprint density at radius 3 is 1.67 bits per heavy atom. The number of fused-ring (bicyclic) bond motifs is 12. The zero-order valence-corrected chi connectivity index (χ0v) is 37.6. The molecule has 0 radical (unpaired) electrons. The molecule has 67 heavy (non-hydrogen) atoms. The summed E-state index contributed by atoms with van der Waals surface area (Å²) in [6.07, 6.45) is 1.65. The highest BCUT2D eigenvalue weighted by Gasteiger charge is 2.36. The molecule has 0 amide bonds. The molecule has 2 aliphatic carbocycles. The molecular formula is C65H47NO. The van der Waals surface area contributed by atoms with Gasteiger partial charge in [-0.3, -0.25) is 0 Å². The van der Waals surface area contributed by atoms with Gasteiger partial charge in [-0.05, 0) is 145 Å². The van der Waals surface area contributed by atoms with Gasteiger partial charge in [-0.15, -0.1) is 0 Å². The largest absolute Gasteiger partial charge is 0.456 e. The highest BCUT2D eigenvalue weighted by Crippen LogP contribution is 2.52. The van der Waals surface area contributed by atoms with E-state index in [4.69, 9.17) is 4.42 Å². The molecule has 2 aliphatic rings. The molecule has 0 atom stereocenters. The Morgan fingerprint density at radius 2 is 0.896 bits per heavy atom. The first kappa shape index (κ1) is 39.2. The fraction of sp³-hybridized carbons (Fsp3) is 0.0769. The van der Waals surface area contributed by atoms with E-state index in [1.54, 1.807) is 0 Å². The minimum Gasteiger partial charge on any atom is -0.456 e. The minimum absolute atomic E-state index is 0.155. The Bertz CT molecular complexity index is 3740. The zero-order chi connectivity index (χ0) is 44.6. The van der Waals surface area contributed by atoms with E-state index in [-0.39, 0.29) is 5.41 Å². The molecule has 0 saturated heterocycles. The topological polar surface area (TPSA) is 16.4 Å². The van der Waals surface area contributed by atoms with Crippen LogP contribution in [0.5, 0.6) is 0 Å². The summed E-state index contributed by atoms with van der Waals surface area (Å²) < 4.78 is 6.34. The van der Waals surface area contributed by atoms with Gasteiger partial charge in [0.1, 0.15) is 11.2 Å². The van der Waals surface area contributed by atoms with Crippen LogP contribution in [0.15, 0.2) is 229 Å². The quantitative estimate of drug-likeness (QED) is 0.171. The molecule has 0 bridgehead atoms. The maximum Gasteiger partial charge on any atom is 0.136 e. The summed E-state index contributed by atoms with van der Waals surface area (Å²) in [4.78, 5) is 2.48. The fourth-order valence-corrected chi connectivity index (χ4v) is 11.4. The van der Waals surface area contributed by atoms with Gasteiger partial charge in [-0.2, -0.15) is 0 Å². The van der Waals surface area contributed by atoms with Gasteiger partial charge < -0.3 is 9.32 Å². The highest BCUT2D eigenvalue weighted by molar-refractivity contribution is 6.06. The third-order valence-electron chi connectivity index (χ3n) is 14.6. The van der Waals surface area contributed by atoms with Crippen molar-refractivity contribution in [2.24, 2.45) is 0 Å². The van der Waals surface area contributed by atoms with Gasteiger partial charge in [-0.1, -0.05) is 190 Å². The van der Waals surface area contributed by atoms with E-state index in [1.807, 2.05) is 12.1 Å². The molecular weight excluding hydrogens is 811 g/mol. The summed E-state index contributed by atoms with van der Waals surface area (Å²) >= 11 is 0. The van der Waals surface area contributed by atoms with Crippen molar-refractivity contribution < 1.29 is 4.42 Å². The summed E-state index contributed by atoms with van der Waals surface area (Å²) in [6, 6.07) is 83.0. The molecule has 0 unspecified atom stereocenters. The number of hydrogen-bond donors (Lipinski definition) is 0. The van der Waals surface area contributed by atoms with Crippen LogP contribution in [0, 0.1) is 0 Å². The molecule has 1 aromatic heterocycles. The van der Waals surface area contributed by atoms with Crippen LogP contribution < -0.4 is 4.90 Å². The first-order chi connectivity index (χ1) is 33.0. The van der Waals surface area contributed by atoms with Crippen LogP contribution in [0.4, 0.5) is 17.1 Å². The Labute approximate surface area is 392 Å². The van der Waals surface area contributed by atoms with Gasteiger partial charge in [0.05, 0.1) is 5.69 Å². The highest BCUT2D eigenvalue weighted by atomic mass is 16.3. The van der Waals surface area contributed by atoms with Gasteiger partial charge in [-0.25, -0.2) is 0 Å². The molecule has 0 spiro atoms. The smallest absolute Gasteiger partial charge is 0.136 e. The lowest BCUT2D eigenvalue weighted by molar-refractivity contribution is 0.660. The van der Waals surface area contributed by atoms with Crippen LogP contribution in [0.2, 0.25) is 0 Å². The maximum atomic E-state index is 6.34. The Morgan fingerprint density at radius 1 is 0.358 bits per heavy atom. The zero-order valence-electron chi connectivity index (χ0n) is 37.6. The van der Waals surface area contributed by atoms with Crippen molar-refractivity contribution in [3.05, 3.63) is 258 Å². The predicted molar refractivity (Wildman–Crippen MR) is 280 cm³/mol. The molecule has 318 valence electrons. The van der Waals surface area contributed by atoms with E-state index in [0.717, 1.165) is 63.0 Å². The van der Waals surface area contributed by atoms with Crippen LogP contribution in [0.25, 0.3) is 77.6 Å². The normalized spacial score (nSPS) is 13.2. The van der Waals surface area contributed by atoms with Crippen LogP contribution in [0.3, 0.4) is 0 Å². The van der Waals surface area contributed by atoms with Crippen molar-refractivity contribution in [2.45, 2.75) is 32.1 Å². The standard InChI is InChI=1S/C65H47NO/c1-65(2)59-27-12-9-23-53(59)54-37-35-49(41-60(54)65)66(48-33-30-42(31-34-48)43-32-36-57-56-25-11-14-29-62(56)67-63(57)40-43)61-28-13-10-24-55(61)58-26-15-19-47-39-45-17-4-7-21-51(45)50-20-6-3-16-44(50)38-46-18-5-8-22-52(46)64(47)58/h3-37,40-41H,38-39H2,1-2H3. The molecule has 2 nitrogen and oxygen atoms in total. The number of nitrogens with zero attached hydrogens (tertiary/aromatic N) is 1. The summed E-state index contributed by atoms with van der Waals surface area (Å²) in [5.41, 5.74) is 25.5. The van der Waals surface area contributed by atoms with E-state index >= 15 is 0 Å². The lowest BCUT2D eigenvalue weighted by Crippen LogP contribution is -2.17. The number of benzene rings is 10. The number of para-hydroxylation sites is 2. The third-order valence-corrected chi connectivity index (χ3v) is 14.6. The average molecular weight is 858 g/mol. The Balaban J connectivity index is 1.00. The molecule has 11 aromatic rings. The van der Waals surface area contributed by atoms with Crippen molar-refractivity contribution in [1.29, 1.82) is 0 Å². The molecule has 0 saturated carbocycles. The van der Waals surface area contributed by atoms with Crippen LogP contribution in [0.1, 0.15) is 47.2 Å². The monoisotopic (exact) mass is 857 g/mol. The van der Waals surface area contributed by atoms with Crippen molar-refractivity contribution in [3.8, 4) is 55.6 Å². The molecule has 0 fully saturated rings. The molecule has 0 aliphatic heterocycles. The fourth-order valence-electron chi connectivity index (χ4n) is 11.4. The average Bonchev–Trinajstić information content (AvgIpc) is 3.86. The van der Waals surface area contributed by atoms with E-state index in [0.29, 0.717) is 0 Å². The number of furan rings is 1. The van der Waals surface area contributed by atoms with E-state index in [1.165, 1.54) is 77.9 Å². The van der Waals surface area contributed by atoms with Gasteiger partial charge >= 0.3 is 0 Å². The van der Waals surface area contributed by atoms with Crippen molar-refractivity contribution >= 4 is 39.0 Å². The SMILES string of the molecule is CC1(C)c2ccccc2-c2ccc(N(c3ccc(-c4ccc5c(c4)oc4ccccc45)cc3)c3ccccc3-c3cccc4c3-c3ccccc3Cc3ccccc3-c3ccccc3C4)cc21. The van der Waals surface area contributed by atoms with Gasteiger partial charge in [0, 0.05) is 33.1 Å². The lowest BCUT2D eigenvalue weighted by Gasteiger charge is -2.31. The third kappa shape index (κ3) is 6.39. The first-order valence-corrected chi connectivity index (χ1v) is 23.5. The summed E-state index contributed by atoms with van der Waals surface area (Å²) in [7, 11) is 0. The molecule has 13 rings (SSSR count). The van der Waals surface area contributed by atoms with Crippen molar-refractivity contribution in [1.82, 2.24) is 0 Å². The number of rotatable bonds is 5. The van der Waals surface area contributed by atoms with Crippen LogP contribution in [-0.4, -0.2) is 0 Å². The predicted octanol–water partition coefficient (Wildman–Crippen LogP) is 17.5. The number of hydrogen-bond acceptors (Lipinski definition) is 2. The van der Waals surface area contributed by atoms with Crippen molar-refractivity contribution in [2.75, 3.05) is 4.90 Å². The van der Waals surface area contributed by atoms with E-state index in [2.05, 4.69) is 231 Å². The molecule has 2 heteroatoms. The lowest BCUT2D eigenvalue weighted by atomic mass is 9.81. The molecule has 1 heterocycles. The molecule has 0 N–H and O–H groups in total. The van der Waals surface area contributed by atoms with E-state index < -0.39 is 0 Å². The van der Waals surface area contributed by atoms with Crippen LogP contribution >= 0.6 is 0 Å². The Kier molecular flexibility index (Phi) is 9.05. The minimum atomic E-state index is -0.155. The van der Waals surface area contributed by atoms with E-state index in [9.17, 15) is 0 Å². The Hall–Kier alpha value is -8.20. The van der Waals surface area contributed by atoms with Crippen molar-refractivity contribution in [3.63, 3.8) is 0 Å². The second-order valence-electron chi connectivity index (χ2n) is 18.8. The summed E-state index contributed by atoms with van der Waals surface area (Å²) in [6.45, 7) is 4.74. The summed E-state index contributed by atoms with van der Waals surface area (Å²) in [5.74, 6) is 0. The second kappa shape index (κ2) is 15.5. The van der Waals surface area contributed by atoms with Crippen LogP contribution in [-0.2, 0) is 18.3 Å². The maximum absolute atomic E-state index is 6.34. The first-order valence-electron chi connectivity index (χ1n) is 23.5. The second-order valence-corrected chi connectivity index (χ2v) is 18.8. The molecule has 10 aromatic carbocycles. The van der Waals surface area contributed by atoms with Gasteiger partial charge in [0.2, 0.25) is 0 Å². The van der Waals surface area contributed by atoms with Gasteiger partial charge in [0.15, 0.2) is 0 Å². The number of anilines is 3. The summed E-state index contributed by atoms with van der Waals surface area (Å²) in [5, 5.41) is 2.28.